The Morgan fingerprint density at radius 3 is 1.58 bits per heavy atom. The van der Waals surface area contributed by atoms with Gasteiger partial charge in [0.15, 0.2) is 0 Å². The molecular formula is C46H32FN5O3. The van der Waals surface area contributed by atoms with Crippen LogP contribution in [0.15, 0.2) is 181 Å². The minimum Gasteiger partial charge on any atom is -0.319 e. The van der Waals surface area contributed by atoms with Crippen LogP contribution in [0.4, 0.5) is 10.1 Å². The third-order valence-electron chi connectivity index (χ3n) is 10.3. The molecule has 266 valence electrons. The van der Waals surface area contributed by atoms with Gasteiger partial charge in [-0.2, -0.15) is 0 Å². The van der Waals surface area contributed by atoms with Gasteiger partial charge in [0.1, 0.15) is 11.4 Å². The average Bonchev–Trinajstić information content (AvgIpc) is 3.77. The molecule has 0 aliphatic carbocycles. The number of halogens is 1. The predicted octanol–water partition coefficient (Wildman–Crippen LogP) is 7.87. The number of anilines is 1. The van der Waals surface area contributed by atoms with Gasteiger partial charge in [0.2, 0.25) is 6.17 Å². The molecule has 0 saturated carbocycles. The van der Waals surface area contributed by atoms with Crippen LogP contribution in [-0.4, -0.2) is 44.0 Å². The molecule has 55 heavy (non-hydrogen) atoms. The predicted molar refractivity (Wildman–Crippen MR) is 207 cm³/mol. The zero-order valence-electron chi connectivity index (χ0n) is 29.4. The highest BCUT2D eigenvalue weighted by atomic mass is 19.1. The molecule has 3 heterocycles. The van der Waals surface area contributed by atoms with Crippen LogP contribution in [-0.2, 0) is 16.9 Å². The van der Waals surface area contributed by atoms with Gasteiger partial charge in [0, 0.05) is 17.3 Å². The summed E-state index contributed by atoms with van der Waals surface area (Å²) >= 11 is 0. The topological polar surface area (TPSA) is 87.9 Å². The third kappa shape index (κ3) is 5.47. The summed E-state index contributed by atoms with van der Waals surface area (Å²) in [6, 6.07) is 50.1. The second kappa shape index (κ2) is 13.6. The van der Waals surface area contributed by atoms with Crippen molar-refractivity contribution in [2.45, 2.75) is 18.2 Å². The van der Waals surface area contributed by atoms with E-state index in [-0.39, 0.29) is 28.9 Å². The lowest BCUT2D eigenvalue weighted by molar-refractivity contribution is -0.122. The molecular weight excluding hydrogens is 690 g/mol. The van der Waals surface area contributed by atoms with Crippen molar-refractivity contribution in [3.63, 3.8) is 0 Å². The van der Waals surface area contributed by atoms with Crippen molar-refractivity contribution in [1.82, 2.24) is 14.5 Å². The Balaban J connectivity index is 1.20. The molecule has 2 aliphatic heterocycles. The molecule has 1 atom stereocenters. The van der Waals surface area contributed by atoms with Gasteiger partial charge in [-0.1, -0.05) is 133 Å². The Morgan fingerprint density at radius 1 is 0.564 bits per heavy atom. The maximum atomic E-state index is 15.6. The number of fused-ring (bicyclic) bond motifs is 2. The van der Waals surface area contributed by atoms with Crippen molar-refractivity contribution in [3.8, 4) is 0 Å². The highest BCUT2D eigenvalue weighted by Gasteiger charge is 2.46. The van der Waals surface area contributed by atoms with E-state index in [4.69, 9.17) is 9.98 Å². The van der Waals surface area contributed by atoms with Crippen molar-refractivity contribution in [1.29, 1.82) is 0 Å². The first kappa shape index (κ1) is 33.6. The zero-order valence-corrected chi connectivity index (χ0v) is 29.4. The van der Waals surface area contributed by atoms with Gasteiger partial charge in [-0.05, 0) is 47.0 Å². The van der Waals surface area contributed by atoms with E-state index in [0.29, 0.717) is 16.9 Å². The number of hydrogen-bond donors (Lipinski definition) is 0. The van der Waals surface area contributed by atoms with Gasteiger partial charge in [-0.3, -0.25) is 14.4 Å². The van der Waals surface area contributed by atoms with Crippen molar-refractivity contribution in [2.24, 2.45) is 4.99 Å². The number of benzene rings is 6. The number of aliphatic imine (C=N–C) groups is 1. The number of carbonyl (C=O) groups excluding carboxylic acids is 3. The number of aromatic nitrogens is 2. The SMILES string of the molecule is O=C1[C@H](N2C(=O)c3ccccc3C2=O)N=C(c2ccccc2F)c2ccccc2N1Cc1cn(C(c2ccccc2)(c2ccccc2)c2ccccc2)cn1. The van der Waals surface area contributed by atoms with Gasteiger partial charge in [-0.15, -0.1) is 0 Å². The first-order chi connectivity index (χ1) is 27.0. The highest BCUT2D eigenvalue weighted by molar-refractivity contribution is 6.25. The molecule has 0 fully saturated rings. The molecule has 0 spiro atoms. The van der Waals surface area contributed by atoms with E-state index in [2.05, 4.69) is 41.0 Å². The summed E-state index contributed by atoms with van der Waals surface area (Å²) in [4.78, 5) is 54.9. The van der Waals surface area contributed by atoms with Gasteiger partial charge in [0.05, 0.1) is 41.1 Å². The quantitative estimate of drug-likeness (QED) is 0.118. The Morgan fingerprint density at radius 2 is 1.04 bits per heavy atom. The first-order valence-corrected chi connectivity index (χ1v) is 17.9. The Bertz CT molecular complexity index is 2490. The number of imidazole rings is 1. The molecule has 3 amide bonds. The zero-order chi connectivity index (χ0) is 37.5. The lowest BCUT2D eigenvalue weighted by atomic mass is 9.77. The molecule has 1 aromatic heterocycles. The number of rotatable bonds is 8. The van der Waals surface area contributed by atoms with Gasteiger partial charge < -0.3 is 9.47 Å². The standard InChI is InChI=1S/C46H32FN5O3/c47-39-26-14-12-24-37(39)41-38-25-13-15-27-40(38)51(45(55)42(49-41)52-43(53)35-22-10-11-23-36(35)44(52)54)29-34-28-50(30-48-34)46(31-16-4-1-5-17-31,32-18-6-2-7-19-32)33-20-8-3-9-21-33/h1-28,30,42H,29H2/t42-/m0/s1. The molecule has 8 nitrogen and oxygen atoms in total. The molecule has 9 heteroatoms. The van der Waals surface area contributed by atoms with E-state index < -0.39 is 35.2 Å². The van der Waals surface area contributed by atoms with Crippen LogP contribution in [0, 0.1) is 5.82 Å². The van der Waals surface area contributed by atoms with Crippen LogP contribution >= 0.6 is 0 Å². The summed E-state index contributed by atoms with van der Waals surface area (Å²) in [6.45, 7) is -0.0446. The number of amides is 3. The van der Waals surface area contributed by atoms with Crippen molar-refractivity contribution in [3.05, 3.63) is 227 Å². The summed E-state index contributed by atoms with van der Waals surface area (Å²) in [5, 5.41) is 0. The van der Waals surface area contributed by atoms with E-state index in [1.165, 1.54) is 11.0 Å². The molecule has 0 N–H and O–H groups in total. The number of imide groups is 1. The third-order valence-corrected chi connectivity index (χ3v) is 10.3. The fraction of sp³-hybridized carbons (Fsp3) is 0.0652. The van der Waals surface area contributed by atoms with Crippen LogP contribution < -0.4 is 4.90 Å². The van der Waals surface area contributed by atoms with Crippen LogP contribution in [0.1, 0.15) is 54.2 Å². The number of hydrogen-bond acceptors (Lipinski definition) is 5. The Labute approximate surface area is 316 Å². The highest BCUT2D eigenvalue weighted by Crippen LogP contribution is 2.41. The van der Waals surface area contributed by atoms with E-state index >= 15 is 9.18 Å². The molecule has 2 aliphatic rings. The minimum absolute atomic E-state index is 0.0446. The normalized spacial score (nSPS) is 15.4. The molecule has 9 rings (SSSR count). The summed E-state index contributed by atoms with van der Waals surface area (Å²) in [7, 11) is 0. The van der Waals surface area contributed by atoms with Gasteiger partial charge in [-0.25, -0.2) is 19.3 Å². The number of nitrogens with zero attached hydrogens (tertiary/aromatic N) is 5. The molecule has 0 saturated heterocycles. The lowest BCUT2D eigenvalue weighted by Gasteiger charge is -2.37. The molecule has 6 aromatic carbocycles. The molecule has 0 radical (unpaired) electrons. The minimum atomic E-state index is -1.63. The number of para-hydroxylation sites is 1. The van der Waals surface area contributed by atoms with Crippen molar-refractivity contribution < 1.29 is 18.8 Å². The molecule has 0 unspecified atom stereocenters. The fourth-order valence-electron chi connectivity index (χ4n) is 7.82. The smallest absolute Gasteiger partial charge is 0.273 e. The summed E-state index contributed by atoms with van der Waals surface area (Å²) < 4.78 is 17.7. The van der Waals surface area contributed by atoms with Crippen LogP contribution in [0.3, 0.4) is 0 Å². The average molecular weight is 722 g/mol. The summed E-state index contributed by atoms with van der Waals surface area (Å²) in [5.41, 5.74) is 4.22. The van der Waals surface area contributed by atoms with Gasteiger partial charge in [0.25, 0.3) is 17.7 Å². The van der Waals surface area contributed by atoms with E-state index in [0.717, 1.165) is 21.6 Å². The van der Waals surface area contributed by atoms with Crippen LogP contribution in [0.2, 0.25) is 0 Å². The maximum Gasteiger partial charge on any atom is 0.273 e. The molecule has 0 bridgehead atoms. The van der Waals surface area contributed by atoms with E-state index in [9.17, 15) is 9.59 Å². The van der Waals surface area contributed by atoms with E-state index in [1.54, 1.807) is 73.1 Å². The second-order valence-corrected chi connectivity index (χ2v) is 13.4. The van der Waals surface area contributed by atoms with Crippen LogP contribution in [0.25, 0.3) is 0 Å². The summed E-state index contributed by atoms with van der Waals surface area (Å²) in [5.74, 6) is -2.49. The van der Waals surface area contributed by atoms with E-state index in [1.807, 2.05) is 60.8 Å². The number of carbonyl (C=O) groups is 3. The monoisotopic (exact) mass is 721 g/mol. The fourth-order valence-corrected chi connectivity index (χ4v) is 7.82. The Hall–Kier alpha value is -7.26. The largest absolute Gasteiger partial charge is 0.319 e. The Kier molecular flexibility index (Phi) is 8.31. The summed E-state index contributed by atoms with van der Waals surface area (Å²) in [6.07, 6.45) is 2.05. The van der Waals surface area contributed by atoms with Gasteiger partial charge >= 0.3 is 0 Å². The second-order valence-electron chi connectivity index (χ2n) is 13.4. The van der Waals surface area contributed by atoms with Crippen LogP contribution in [0.5, 0.6) is 0 Å². The van der Waals surface area contributed by atoms with Crippen molar-refractivity contribution >= 4 is 29.1 Å². The molecule has 7 aromatic rings. The maximum absolute atomic E-state index is 15.6. The van der Waals surface area contributed by atoms with Crippen molar-refractivity contribution in [2.75, 3.05) is 4.90 Å². The lowest BCUT2D eigenvalue weighted by Crippen LogP contribution is -2.49. The number of benzodiazepines with no additional fused rings is 1. The first-order valence-electron chi connectivity index (χ1n) is 17.9.